The number of nitrogens with one attached hydrogen (secondary N) is 1. The van der Waals surface area contributed by atoms with Crippen LogP contribution in [0.25, 0.3) is 0 Å². The molecule has 112 valence electrons. The van der Waals surface area contributed by atoms with E-state index in [1.807, 2.05) is 13.8 Å². The number of rotatable bonds is 6. The normalized spacial score (nSPS) is 13.3. The van der Waals surface area contributed by atoms with Crippen molar-refractivity contribution >= 4 is 5.91 Å². The van der Waals surface area contributed by atoms with Crippen LogP contribution in [0.2, 0.25) is 0 Å². The zero-order valence-electron chi connectivity index (χ0n) is 12.6. The molecule has 1 rings (SSSR count). The average molecular weight is 281 g/mol. The van der Waals surface area contributed by atoms with Crippen molar-refractivity contribution in [3.05, 3.63) is 35.6 Å². The van der Waals surface area contributed by atoms with E-state index in [1.165, 1.54) is 12.1 Å². The molecule has 0 aliphatic carbocycles. The number of amides is 1. The molecule has 0 aliphatic heterocycles. The second-order valence-electron chi connectivity index (χ2n) is 5.97. The second kappa shape index (κ2) is 6.84. The van der Waals surface area contributed by atoms with E-state index in [2.05, 4.69) is 5.32 Å². The Hall–Kier alpha value is -1.42. The van der Waals surface area contributed by atoms with Crippen LogP contribution in [-0.4, -0.2) is 23.7 Å². The van der Waals surface area contributed by atoms with Crippen molar-refractivity contribution in [3.8, 4) is 0 Å². The molecule has 4 heteroatoms. The minimum atomic E-state index is -0.815. The number of hydrogen-bond donors (Lipinski definition) is 2. The first kappa shape index (κ1) is 16.6. The summed E-state index contributed by atoms with van der Waals surface area (Å²) >= 11 is 0. The van der Waals surface area contributed by atoms with E-state index in [-0.39, 0.29) is 30.3 Å². The third-order valence-electron chi connectivity index (χ3n) is 3.68. The predicted octanol–water partition coefficient (Wildman–Crippen LogP) is 2.63. The molecule has 0 fully saturated rings. The van der Waals surface area contributed by atoms with Crippen molar-refractivity contribution in [2.75, 3.05) is 6.61 Å². The Labute approximate surface area is 120 Å². The number of carbonyl (C=O) groups is 1. The van der Waals surface area contributed by atoms with E-state index >= 15 is 0 Å². The van der Waals surface area contributed by atoms with E-state index in [0.29, 0.717) is 12.0 Å². The lowest BCUT2D eigenvalue weighted by molar-refractivity contribution is -0.126. The van der Waals surface area contributed by atoms with Crippen molar-refractivity contribution in [2.24, 2.45) is 5.92 Å². The van der Waals surface area contributed by atoms with Gasteiger partial charge in [-0.1, -0.05) is 26.0 Å². The molecule has 0 spiro atoms. The molecule has 1 aromatic rings. The van der Waals surface area contributed by atoms with Gasteiger partial charge in [-0.3, -0.25) is 4.79 Å². The first-order valence-electron chi connectivity index (χ1n) is 6.97. The number of aliphatic hydroxyl groups excluding tert-OH is 1. The summed E-state index contributed by atoms with van der Waals surface area (Å²) < 4.78 is 13.3. The maximum atomic E-state index is 13.3. The third-order valence-corrected chi connectivity index (χ3v) is 3.68. The molecule has 0 aromatic heterocycles. The summed E-state index contributed by atoms with van der Waals surface area (Å²) in [5.74, 6) is -0.274. The molecule has 2 N–H and O–H groups in total. The van der Waals surface area contributed by atoms with Gasteiger partial charge in [0.05, 0.1) is 5.41 Å². The maximum absolute atomic E-state index is 13.3. The van der Waals surface area contributed by atoms with Gasteiger partial charge in [-0.25, -0.2) is 4.39 Å². The molecule has 1 amide bonds. The Morgan fingerprint density at radius 2 is 2.05 bits per heavy atom. The fourth-order valence-electron chi connectivity index (χ4n) is 2.07. The number of aliphatic hydroxyl groups is 1. The van der Waals surface area contributed by atoms with Crippen molar-refractivity contribution in [2.45, 2.75) is 45.6 Å². The van der Waals surface area contributed by atoms with Gasteiger partial charge in [-0.05, 0) is 43.9 Å². The van der Waals surface area contributed by atoms with E-state index in [4.69, 9.17) is 5.11 Å². The van der Waals surface area contributed by atoms with Crippen LogP contribution in [0.1, 0.15) is 39.7 Å². The van der Waals surface area contributed by atoms with Gasteiger partial charge in [0.2, 0.25) is 5.91 Å². The van der Waals surface area contributed by atoms with Crippen LogP contribution in [0.5, 0.6) is 0 Å². The van der Waals surface area contributed by atoms with Crippen LogP contribution in [0.4, 0.5) is 4.39 Å². The molecule has 0 saturated carbocycles. The molecule has 1 aromatic carbocycles. The highest BCUT2D eigenvalue weighted by atomic mass is 19.1. The molecular weight excluding hydrogens is 257 g/mol. The summed E-state index contributed by atoms with van der Waals surface area (Å²) in [6.45, 7) is 7.57. The van der Waals surface area contributed by atoms with Crippen LogP contribution < -0.4 is 5.32 Å². The molecule has 1 atom stereocenters. The number of benzene rings is 1. The lowest BCUT2D eigenvalue weighted by Crippen LogP contribution is -2.47. The zero-order valence-corrected chi connectivity index (χ0v) is 12.6. The Morgan fingerprint density at radius 3 is 2.55 bits per heavy atom. The molecular formula is C16H24FNO2. The van der Waals surface area contributed by atoms with E-state index in [9.17, 15) is 9.18 Å². The molecule has 3 nitrogen and oxygen atoms in total. The molecule has 0 heterocycles. The number of hydrogen-bond acceptors (Lipinski definition) is 2. The van der Waals surface area contributed by atoms with Gasteiger partial charge in [0, 0.05) is 12.6 Å². The first-order chi connectivity index (χ1) is 9.28. The lowest BCUT2D eigenvalue weighted by atomic mass is 9.83. The molecule has 0 saturated heterocycles. The minimum absolute atomic E-state index is 0.0313. The average Bonchev–Trinajstić information content (AvgIpc) is 2.37. The highest BCUT2D eigenvalue weighted by Crippen LogP contribution is 2.24. The van der Waals surface area contributed by atoms with Crippen molar-refractivity contribution < 1.29 is 14.3 Å². The van der Waals surface area contributed by atoms with Gasteiger partial charge >= 0.3 is 0 Å². The monoisotopic (exact) mass is 281 g/mol. The summed E-state index contributed by atoms with van der Waals surface area (Å²) in [4.78, 5) is 12.5. The number of carbonyl (C=O) groups excluding carboxylic acids is 1. The fraction of sp³-hybridized carbons (Fsp3) is 0.562. The highest BCUT2D eigenvalue weighted by Gasteiger charge is 2.32. The van der Waals surface area contributed by atoms with Gasteiger partial charge < -0.3 is 10.4 Å². The Kier molecular flexibility index (Phi) is 5.69. The van der Waals surface area contributed by atoms with Crippen LogP contribution in [0.15, 0.2) is 24.3 Å². The Bertz CT molecular complexity index is 458. The molecule has 0 radical (unpaired) electrons. The summed E-state index contributed by atoms with van der Waals surface area (Å²) in [5, 5.41) is 12.0. The number of halogens is 1. The van der Waals surface area contributed by atoms with Crippen molar-refractivity contribution in [3.63, 3.8) is 0 Å². The molecule has 0 aliphatic rings. The van der Waals surface area contributed by atoms with E-state index in [1.54, 1.807) is 26.0 Å². The molecule has 0 bridgehead atoms. The fourth-order valence-corrected chi connectivity index (χ4v) is 2.07. The Balaban J connectivity index is 2.88. The quantitative estimate of drug-likeness (QED) is 0.842. The smallest absolute Gasteiger partial charge is 0.230 e. The SMILES string of the molecule is CC(C)C(CCO)NC(=O)C(C)(C)c1cccc(F)c1. The maximum Gasteiger partial charge on any atom is 0.230 e. The topological polar surface area (TPSA) is 49.3 Å². The van der Waals surface area contributed by atoms with Gasteiger partial charge in [0.25, 0.3) is 0 Å². The Morgan fingerprint density at radius 1 is 1.40 bits per heavy atom. The standard InChI is InChI=1S/C16H24FNO2/c1-11(2)14(8-9-19)18-15(20)16(3,4)12-6-5-7-13(17)10-12/h5-7,10-11,14,19H,8-9H2,1-4H3,(H,18,20). The van der Waals surface area contributed by atoms with Crippen LogP contribution >= 0.6 is 0 Å². The van der Waals surface area contributed by atoms with Crippen molar-refractivity contribution in [1.82, 2.24) is 5.32 Å². The second-order valence-corrected chi connectivity index (χ2v) is 5.97. The first-order valence-corrected chi connectivity index (χ1v) is 6.97. The summed E-state index contributed by atoms with van der Waals surface area (Å²) in [6, 6.07) is 6.02. The van der Waals surface area contributed by atoms with Gasteiger partial charge in [0.15, 0.2) is 0 Å². The van der Waals surface area contributed by atoms with Gasteiger partial charge in [-0.2, -0.15) is 0 Å². The van der Waals surface area contributed by atoms with Crippen LogP contribution in [0.3, 0.4) is 0 Å². The summed E-state index contributed by atoms with van der Waals surface area (Å²) in [6.07, 6.45) is 0.517. The van der Waals surface area contributed by atoms with E-state index in [0.717, 1.165) is 0 Å². The lowest BCUT2D eigenvalue weighted by Gasteiger charge is -2.29. The van der Waals surface area contributed by atoms with Crippen molar-refractivity contribution in [1.29, 1.82) is 0 Å². The molecule has 1 unspecified atom stereocenters. The summed E-state index contributed by atoms with van der Waals surface area (Å²) in [7, 11) is 0. The van der Waals surface area contributed by atoms with Crippen LogP contribution in [-0.2, 0) is 10.2 Å². The zero-order chi connectivity index (χ0) is 15.3. The summed E-state index contributed by atoms with van der Waals surface area (Å²) in [5.41, 5.74) is -0.175. The predicted molar refractivity (Wildman–Crippen MR) is 77.9 cm³/mol. The highest BCUT2D eigenvalue weighted by molar-refractivity contribution is 5.87. The third kappa shape index (κ3) is 4.04. The van der Waals surface area contributed by atoms with E-state index < -0.39 is 5.41 Å². The van der Waals surface area contributed by atoms with Gasteiger partial charge in [0.1, 0.15) is 5.82 Å². The van der Waals surface area contributed by atoms with Crippen LogP contribution in [0, 0.1) is 11.7 Å². The largest absolute Gasteiger partial charge is 0.396 e. The molecule has 20 heavy (non-hydrogen) atoms. The minimum Gasteiger partial charge on any atom is -0.396 e. The van der Waals surface area contributed by atoms with Gasteiger partial charge in [-0.15, -0.1) is 0 Å².